The van der Waals surface area contributed by atoms with Gasteiger partial charge in [-0.25, -0.2) is 0 Å². The maximum absolute atomic E-state index is 12.1. The van der Waals surface area contributed by atoms with Crippen LogP contribution in [0.1, 0.15) is 20.3 Å². The van der Waals surface area contributed by atoms with Crippen LogP contribution in [-0.4, -0.2) is 11.9 Å². The highest BCUT2D eigenvalue weighted by atomic mass is 32.2. The van der Waals surface area contributed by atoms with Crippen LogP contribution in [0.25, 0.3) is 0 Å². The van der Waals surface area contributed by atoms with Crippen molar-refractivity contribution in [2.75, 3.05) is 5.32 Å². The normalized spacial score (nSPS) is 12.1. The first-order valence-corrected chi connectivity index (χ1v) is 8.95. The van der Waals surface area contributed by atoms with E-state index in [2.05, 4.69) is 10.6 Å². The molecule has 1 atom stereocenters. The Balaban J connectivity index is 2.14. The topological polar surface area (TPSA) is 64.9 Å². The maximum atomic E-state index is 12.1. The van der Waals surface area contributed by atoms with Crippen molar-refractivity contribution in [1.29, 1.82) is 5.26 Å². The van der Waals surface area contributed by atoms with Gasteiger partial charge in [0.2, 0.25) is 0 Å². The second-order valence-corrected chi connectivity index (χ2v) is 6.62. The van der Waals surface area contributed by atoms with Crippen molar-refractivity contribution >= 4 is 23.4 Å². The Morgan fingerprint density at radius 1 is 1.20 bits per heavy atom. The summed E-state index contributed by atoms with van der Waals surface area (Å²) in [4.78, 5) is 14.2. The van der Waals surface area contributed by atoms with Crippen molar-refractivity contribution in [1.82, 2.24) is 5.32 Å². The Kier molecular flexibility index (Phi) is 7.12. The number of amides is 1. The number of nitrogens with one attached hydrogen (secondary N) is 2. The number of anilines is 1. The first-order chi connectivity index (χ1) is 12.1. The SMILES string of the molecule is CCC(C)NC(=O)/C(C#N)=C\Nc1ccccc1Sc1ccccc1. The average molecular weight is 351 g/mol. The highest BCUT2D eigenvalue weighted by molar-refractivity contribution is 7.99. The van der Waals surface area contributed by atoms with Crippen LogP contribution in [0.15, 0.2) is 76.2 Å². The molecule has 0 radical (unpaired) electrons. The summed E-state index contributed by atoms with van der Waals surface area (Å²) < 4.78 is 0. The molecule has 1 unspecified atom stereocenters. The Morgan fingerprint density at radius 3 is 2.56 bits per heavy atom. The second kappa shape index (κ2) is 9.55. The number of para-hydroxylation sites is 1. The molecule has 2 aromatic carbocycles. The van der Waals surface area contributed by atoms with Gasteiger partial charge in [0.15, 0.2) is 0 Å². The molecule has 0 saturated carbocycles. The molecule has 0 aromatic heterocycles. The van der Waals surface area contributed by atoms with Gasteiger partial charge in [0, 0.05) is 22.0 Å². The highest BCUT2D eigenvalue weighted by Gasteiger charge is 2.11. The third-order valence-corrected chi connectivity index (χ3v) is 4.67. The lowest BCUT2D eigenvalue weighted by atomic mass is 10.2. The van der Waals surface area contributed by atoms with E-state index < -0.39 is 0 Å². The summed E-state index contributed by atoms with van der Waals surface area (Å²) in [5.74, 6) is -0.363. The zero-order valence-electron chi connectivity index (χ0n) is 14.3. The minimum absolute atomic E-state index is 0.0326. The molecule has 0 aliphatic rings. The average Bonchev–Trinajstić information content (AvgIpc) is 2.64. The Bertz CT molecular complexity index is 781. The summed E-state index contributed by atoms with van der Waals surface area (Å²) in [5, 5.41) is 15.1. The minimum Gasteiger partial charge on any atom is -0.359 e. The molecule has 1 amide bonds. The summed E-state index contributed by atoms with van der Waals surface area (Å²) in [7, 11) is 0. The fraction of sp³-hybridized carbons (Fsp3) is 0.200. The summed E-state index contributed by atoms with van der Waals surface area (Å²) in [6.07, 6.45) is 2.27. The van der Waals surface area contributed by atoms with Crippen molar-refractivity contribution in [3.63, 3.8) is 0 Å². The Hall–Kier alpha value is -2.71. The minimum atomic E-state index is -0.363. The first-order valence-electron chi connectivity index (χ1n) is 8.13. The number of carbonyl (C=O) groups excluding carboxylic acids is 1. The van der Waals surface area contributed by atoms with E-state index in [1.54, 1.807) is 11.8 Å². The summed E-state index contributed by atoms with van der Waals surface area (Å²) in [6.45, 7) is 3.89. The van der Waals surface area contributed by atoms with Gasteiger partial charge in [-0.05, 0) is 37.6 Å². The van der Waals surface area contributed by atoms with Gasteiger partial charge in [-0.15, -0.1) is 0 Å². The van der Waals surface area contributed by atoms with Gasteiger partial charge in [0.1, 0.15) is 11.6 Å². The van der Waals surface area contributed by atoms with Gasteiger partial charge in [0.25, 0.3) is 5.91 Å². The molecular formula is C20H21N3OS. The van der Waals surface area contributed by atoms with Gasteiger partial charge in [-0.1, -0.05) is 49.0 Å². The molecule has 25 heavy (non-hydrogen) atoms. The predicted molar refractivity (Wildman–Crippen MR) is 102 cm³/mol. The van der Waals surface area contributed by atoms with Crippen molar-refractivity contribution in [2.45, 2.75) is 36.1 Å². The van der Waals surface area contributed by atoms with E-state index in [0.29, 0.717) is 0 Å². The third kappa shape index (κ3) is 5.70. The lowest BCUT2D eigenvalue weighted by Crippen LogP contribution is -2.33. The number of nitrogens with zero attached hydrogens (tertiary/aromatic N) is 1. The third-order valence-electron chi connectivity index (χ3n) is 3.59. The van der Waals surface area contributed by atoms with Gasteiger partial charge in [-0.2, -0.15) is 5.26 Å². The molecule has 2 rings (SSSR count). The fourth-order valence-electron chi connectivity index (χ4n) is 1.99. The molecule has 0 saturated heterocycles. The first kappa shape index (κ1) is 18.6. The van der Waals surface area contributed by atoms with Crippen molar-refractivity contribution in [2.24, 2.45) is 0 Å². The molecule has 5 heteroatoms. The maximum Gasteiger partial charge on any atom is 0.263 e. The largest absolute Gasteiger partial charge is 0.359 e. The lowest BCUT2D eigenvalue weighted by molar-refractivity contribution is -0.117. The molecule has 0 fully saturated rings. The van der Waals surface area contributed by atoms with E-state index in [0.717, 1.165) is 21.9 Å². The number of rotatable bonds is 7. The fourth-order valence-corrected chi connectivity index (χ4v) is 2.92. The van der Waals surface area contributed by atoms with Crippen LogP contribution in [0.4, 0.5) is 5.69 Å². The van der Waals surface area contributed by atoms with Crippen LogP contribution < -0.4 is 10.6 Å². The number of nitriles is 1. The lowest BCUT2D eigenvalue weighted by Gasteiger charge is -2.12. The highest BCUT2D eigenvalue weighted by Crippen LogP contribution is 2.33. The van der Waals surface area contributed by atoms with Crippen LogP contribution in [0, 0.1) is 11.3 Å². The quantitative estimate of drug-likeness (QED) is 0.566. The molecule has 2 N–H and O–H groups in total. The second-order valence-electron chi connectivity index (χ2n) is 5.51. The van der Waals surface area contributed by atoms with Gasteiger partial charge >= 0.3 is 0 Å². The molecule has 0 heterocycles. The smallest absolute Gasteiger partial charge is 0.263 e. The van der Waals surface area contributed by atoms with Crippen LogP contribution in [0.2, 0.25) is 0 Å². The van der Waals surface area contributed by atoms with Gasteiger partial charge < -0.3 is 10.6 Å². The van der Waals surface area contributed by atoms with E-state index in [1.807, 2.05) is 74.5 Å². The summed E-state index contributed by atoms with van der Waals surface area (Å²) in [6, 6.07) is 19.8. The van der Waals surface area contributed by atoms with E-state index >= 15 is 0 Å². The van der Waals surface area contributed by atoms with Crippen LogP contribution in [-0.2, 0) is 4.79 Å². The molecule has 2 aromatic rings. The molecule has 0 spiro atoms. The summed E-state index contributed by atoms with van der Waals surface area (Å²) >= 11 is 1.62. The molecular weight excluding hydrogens is 330 g/mol. The number of hydrogen-bond acceptors (Lipinski definition) is 4. The number of hydrogen-bond donors (Lipinski definition) is 2. The predicted octanol–water partition coefficient (Wildman–Crippen LogP) is 4.57. The van der Waals surface area contributed by atoms with Crippen LogP contribution >= 0.6 is 11.8 Å². The van der Waals surface area contributed by atoms with E-state index in [4.69, 9.17) is 0 Å². The van der Waals surface area contributed by atoms with Crippen LogP contribution in [0.5, 0.6) is 0 Å². The van der Waals surface area contributed by atoms with Crippen LogP contribution in [0.3, 0.4) is 0 Å². The van der Waals surface area contributed by atoms with Crippen molar-refractivity contribution in [3.8, 4) is 6.07 Å². The summed E-state index contributed by atoms with van der Waals surface area (Å²) in [5.41, 5.74) is 0.903. The molecule has 128 valence electrons. The standard InChI is InChI=1S/C20H21N3OS/c1-3-15(2)23-20(24)16(13-21)14-22-18-11-7-8-12-19(18)25-17-9-5-4-6-10-17/h4-12,14-15,22H,3H2,1-2H3,(H,23,24)/b16-14-. The van der Waals surface area contributed by atoms with E-state index in [1.165, 1.54) is 6.20 Å². The molecule has 0 aliphatic carbocycles. The van der Waals surface area contributed by atoms with Gasteiger partial charge in [-0.3, -0.25) is 4.79 Å². The Labute approximate surface area is 152 Å². The monoisotopic (exact) mass is 351 g/mol. The molecule has 0 aliphatic heterocycles. The zero-order chi connectivity index (χ0) is 18.1. The van der Waals surface area contributed by atoms with Crippen molar-refractivity contribution in [3.05, 3.63) is 66.4 Å². The molecule has 4 nitrogen and oxygen atoms in total. The van der Waals surface area contributed by atoms with Gasteiger partial charge in [0.05, 0.1) is 5.69 Å². The van der Waals surface area contributed by atoms with Crippen molar-refractivity contribution < 1.29 is 4.79 Å². The van der Waals surface area contributed by atoms with E-state index in [9.17, 15) is 10.1 Å². The van der Waals surface area contributed by atoms with E-state index in [-0.39, 0.29) is 17.5 Å². The zero-order valence-corrected chi connectivity index (χ0v) is 15.1. The Morgan fingerprint density at radius 2 is 1.88 bits per heavy atom. The number of benzene rings is 2. The molecule has 0 bridgehead atoms. The number of carbonyl (C=O) groups is 1.